The van der Waals surface area contributed by atoms with Gasteiger partial charge < -0.3 is 10.4 Å². The van der Waals surface area contributed by atoms with E-state index in [1.165, 1.54) is 0 Å². The van der Waals surface area contributed by atoms with Crippen LogP contribution in [-0.2, 0) is 0 Å². The largest absolute Gasteiger partial charge is 0.507 e. The van der Waals surface area contributed by atoms with Gasteiger partial charge in [0.1, 0.15) is 12.4 Å². The Morgan fingerprint density at radius 3 is 2.75 bits per heavy atom. The molecule has 3 nitrogen and oxygen atoms in total. The van der Waals surface area contributed by atoms with Crippen LogP contribution in [0, 0.1) is 0 Å². The number of fused-ring (bicyclic) bond motifs is 1. The fourth-order valence-electron chi connectivity index (χ4n) is 2.08. The van der Waals surface area contributed by atoms with Crippen LogP contribution in [0.4, 0.5) is 0 Å². The van der Waals surface area contributed by atoms with Gasteiger partial charge in [-0.15, -0.1) is 0 Å². The smallest absolute Gasteiger partial charge is 0.132 e. The van der Waals surface area contributed by atoms with Crippen molar-refractivity contribution in [3.05, 3.63) is 60.2 Å². The quantitative estimate of drug-likeness (QED) is 0.640. The summed E-state index contributed by atoms with van der Waals surface area (Å²) < 4.78 is 0. The van der Waals surface area contributed by atoms with Crippen LogP contribution in [0.1, 0.15) is 12.5 Å². The van der Waals surface area contributed by atoms with Crippen LogP contribution < -0.4 is 5.32 Å². The lowest BCUT2D eigenvalue weighted by Gasteiger charge is -2.13. The lowest BCUT2D eigenvalue weighted by molar-refractivity contribution is 0.479. The molecule has 0 saturated carbocycles. The second-order valence-electron chi connectivity index (χ2n) is 4.65. The Bertz CT molecular complexity index is 686. The first kappa shape index (κ1) is 13.9. The first-order valence-corrected chi connectivity index (χ1v) is 6.38. The standard InChI is InChI=1S/C17H18N2O/c1-12(2)10-16(19-11-18-3)15-9-8-13-6-4-5-7-14(13)17(15)20/h4-10,19-20H,1,3,11H2,2H3/b16-10-. The molecular formula is C17H18N2O. The number of rotatable bonds is 5. The number of phenols is 1. The van der Waals surface area contributed by atoms with E-state index in [9.17, 15) is 5.11 Å². The summed E-state index contributed by atoms with van der Waals surface area (Å²) in [5, 5.41) is 15.4. The maximum absolute atomic E-state index is 10.5. The summed E-state index contributed by atoms with van der Waals surface area (Å²) in [5.74, 6) is 0.257. The summed E-state index contributed by atoms with van der Waals surface area (Å²) >= 11 is 0. The van der Waals surface area contributed by atoms with E-state index in [4.69, 9.17) is 0 Å². The van der Waals surface area contributed by atoms with Gasteiger partial charge in [-0.3, -0.25) is 4.99 Å². The van der Waals surface area contributed by atoms with Crippen molar-refractivity contribution < 1.29 is 5.11 Å². The maximum atomic E-state index is 10.5. The summed E-state index contributed by atoms with van der Waals surface area (Å²) in [6, 6.07) is 11.6. The highest BCUT2D eigenvalue weighted by molar-refractivity contribution is 5.93. The number of aliphatic imine (C=N–C) groups is 1. The van der Waals surface area contributed by atoms with E-state index in [2.05, 4.69) is 23.6 Å². The number of hydrogen-bond acceptors (Lipinski definition) is 3. The molecule has 102 valence electrons. The Morgan fingerprint density at radius 2 is 2.05 bits per heavy atom. The molecule has 0 amide bonds. The van der Waals surface area contributed by atoms with Crippen LogP contribution in [0.2, 0.25) is 0 Å². The van der Waals surface area contributed by atoms with E-state index in [0.29, 0.717) is 6.67 Å². The second kappa shape index (κ2) is 6.06. The highest BCUT2D eigenvalue weighted by atomic mass is 16.3. The molecule has 20 heavy (non-hydrogen) atoms. The summed E-state index contributed by atoms with van der Waals surface area (Å²) in [6.45, 7) is 9.61. The van der Waals surface area contributed by atoms with E-state index >= 15 is 0 Å². The molecule has 3 heteroatoms. The molecule has 0 saturated heterocycles. The number of phenolic OH excluding ortho intramolecular Hbond substituents is 1. The van der Waals surface area contributed by atoms with Crippen molar-refractivity contribution >= 4 is 23.2 Å². The topological polar surface area (TPSA) is 44.6 Å². The Balaban J connectivity index is 2.56. The average molecular weight is 266 g/mol. The SMILES string of the molecule is C=NCN/C(=C\C(=C)C)c1ccc2ccccc2c1O. The van der Waals surface area contributed by atoms with E-state index in [1.807, 2.05) is 49.4 Å². The molecule has 0 aliphatic carbocycles. The van der Waals surface area contributed by atoms with Gasteiger partial charge in [0.25, 0.3) is 0 Å². The third-order valence-electron chi connectivity index (χ3n) is 2.96. The average Bonchev–Trinajstić information content (AvgIpc) is 2.44. The third kappa shape index (κ3) is 2.88. The van der Waals surface area contributed by atoms with E-state index in [0.717, 1.165) is 27.6 Å². The Hall–Kier alpha value is -2.55. The summed E-state index contributed by atoms with van der Waals surface area (Å²) in [5.41, 5.74) is 2.41. The van der Waals surface area contributed by atoms with Crippen LogP contribution in [0.3, 0.4) is 0 Å². The molecular weight excluding hydrogens is 248 g/mol. The normalized spacial score (nSPS) is 11.3. The second-order valence-corrected chi connectivity index (χ2v) is 4.65. The zero-order chi connectivity index (χ0) is 14.5. The Morgan fingerprint density at radius 1 is 1.30 bits per heavy atom. The monoisotopic (exact) mass is 266 g/mol. The minimum Gasteiger partial charge on any atom is -0.507 e. The van der Waals surface area contributed by atoms with E-state index in [1.54, 1.807) is 0 Å². The molecule has 0 heterocycles. The number of nitrogens with zero attached hydrogens (tertiary/aromatic N) is 1. The summed E-state index contributed by atoms with van der Waals surface area (Å²) in [6.07, 6.45) is 1.88. The minimum atomic E-state index is 0.257. The van der Waals surface area contributed by atoms with E-state index in [-0.39, 0.29) is 5.75 Å². The fourth-order valence-corrected chi connectivity index (χ4v) is 2.08. The molecule has 0 atom stereocenters. The van der Waals surface area contributed by atoms with Crippen LogP contribution >= 0.6 is 0 Å². The van der Waals surface area contributed by atoms with Crippen molar-refractivity contribution in [2.24, 2.45) is 4.99 Å². The molecule has 0 aliphatic heterocycles. The van der Waals surface area contributed by atoms with Gasteiger partial charge >= 0.3 is 0 Å². The summed E-state index contributed by atoms with van der Waals surface area (Å²) in [7, 11) is 0. The van der Waals surface area contributed by atoms with Crippen molar-refractivity contribution in [3.8, 4) is 5.75 Å². The van der Waals surface area contributed by atoms with Crippen molar-refractivity contribution in [3.63, 3.8) is 0 Å². The predicted molar refractivity (Wildman–Crippen MR) is 86.0 cm³/mol. The first-order chi connectivity index (χ1) is 9.63. The van der Waals surface area contributed by atoms with Gasteiger partial charge in [-0.25, -0.2) is 0 Å². The number of benzene rings is 2. The molecule has 0 radical (unpaired) electrons. The van der Waals surface area contributed by atoms with Crippen molar-refractivity contribution in [2.45, 2.75) is 6.92 Å². The van der Waals surface area contributed by atoms with Crippen LogP contribution in [0.5, 0.6) is 5.75 Å². The molecule has 2 N–H and O–H groups in total. The Kier molecular flexibility index (Phi) is 4.20. The van der Waals surface area contributed by atoms with Gasteiger partial charge in [-0.1, -0.05) is 42.5 Å². The van der Waals surface area contributed by atoms with Gasteiger partial charge in [0, 0.05) is 16.6 Å². The highest BCUT2D eigenvalue weighted by Gasteiger charge is 2.10. The van der Waals surface area contributed by atoms with Gasteiger partial charge in [0.15, 0.2) is 0 Å². The molecule has 0 unspecified atom stereocenters. The number of allylic oxidation sites excluding steroid dienone is 2. The van der Waals surface area contributed by atoms with Crippen molar-refractivity contribution in [1.82, 2.24) is 5.32 Å². The zero-order valence-corrected chi connectivity index (χ0v) is 11.6. The van der Waals surface area contributed by atoms with Gasteiger partial charge in [-0.2, -0.15) is 0 Å². The molecule has 2 aromatic rings. The number of hydrogen-bond donors (Lipinski definition) is 2. The molecule has 0 fully saturated rings. The highest BCUT2D eigenvalue weighted by Crippen LogP contribution is 2.32. The van der Waals surface area contributed by atoms with Crippen LogP contribution in [-0.4, -0.2) is 18.5 Å². The maximum Gasteiger partial charge on any atom is 0.132 e. The molecule has 0 aliphatic rings. The Labute approximate surface area is 119 Å². The number of aromatic hydroxyl groups is 1. The fraction of sp³-hybridized carbons (Fsp3) is 0.118. The molecule has 0 aromatic heterocycles. The third-order valence-corrected chi connectivity index (χ3v) is 2.96. The molecule has 0 spiro atoms. The first-order valence-electron chi connectivity index (χ1n) is 6.38. The van der Waals surface area contributed by atoms with Crippen molar-refractivity contribution in [2.75, 3.05) is 6.67 Å². The van der Waals surface area contributed by atoms with Crippen LogP contribution in [0.15, 0.2) is 59.6 Å². The molecule has 0 bridgehead atoms. The minimum absolute atomic E-state index is 0.257. The van der Waals surface area contributed by atoms with Gasteiger partial charge in [0.05, 0.1) is 0 Å². The van der Waals surface area contributed by atoms with Gasteiger partial charge in [0.2, 0.25) is 0 Å². The zero-order valence-electron chi connectivity index (χ0n) is 11.6. The van der Waals surface area contributed by atoms with Gasteiger partial charge in [-0.05, 0) is 31.2 Å². The summed E-state index contributed by atoms with van der Waals surface area (Å²) in [4.78, 5) is 3.79. The van der Waals surface area contributed by atoms with Crippen molar-refractivity contribution in [1.29, 1.82) is 0 Å². The van der Waals surface area contributed by atoms with Crippen LogP contribution in [0.25, 0.3) is 16.5 Å². The predicted octanol–water partition coefficient (Wildman–Crippen LogP) is 3.71. The lowest BCUT2D eigenvalue weighted by atomic mass is 10.0. The number of nitrogens with one attached hydrogen (secondary N) is 1. The lowest BCUT2D eigenvalue weighted by Crippen LogP contribution is -2.12. The molecule has 2 rings (SSSR count). The molecule has 2 aromatic carbocycles. The van der Waals surface area contributed by atoms with E-state index < -0.39 is 0 Å².